The fourth-order valence-corrected chi connectivity index (χ4v) is 5.00. The Balaban J connectivity index is 1.52. The van der Waals surface area contributed by atoms with Gasteiger partial charge in [0.2, 0.25) is 5.91 Å². The number of para-hydroxylation sites is 1. The van der Waals surface area contributed by atoms with Crippen molar-refractivity contribution < 1.29 is 9.53 Å². The maximum absolute atomic E-state index is 13.2. The molecule has 0 unspecified atom stereocenters. The minimum absolute atomic E-state index is 0.0137. The van der Waals surface area contributed by atoms with Crippen LogP contribution in [0.2, 0.25) is 0 Å². The van der Waals surface area contributed by atoms with Gasteiger partial charge in [0, 0.05) is 19.2 Å². The predicted molar refractivity (Wildman–Crippen MR) is 111 cm³/mol. The maximum atomic E-state index is 13.2. The Morgan fingerprint density at radius 1 is 1.18 bits per heavy atom. The summed E-state index contributed by atoms with van der Waals surface area (Å²) in [6.07, 6.45) is 7.68. The standard InChI is InChI=1S/C21H27N3O3S/c25-19(22-13-16-9-6-12-27-16)14-28-21-23-18-11-5-4-10-17(18)20(26)24(21)15-7-2-1-3-8-15/h4-5,10-11,15-16H,1-3,6-9,12-14H2,(H,22,25)/t16-/m1/s1. The van der Waals surface area contributed by atoms with Crippen LogP contribution in [0.4, 0.5) is 0 Å². The summed E-state index contributed by atoms with van der Waals surface area (Å²) >= 11 is 1.36. The van der Waals surface area contributed by atoms with Crippen LogP contribution >= 0.6 is 11.8 Å². The first-order valence-corrected chi connectivity index (χ1v) is 11.2. The summed E-state index contributed by atoms with van der Waals surface area (Å²) in [7, 11) is 0. The van der Waals surface area contributed by atoms with Gasteiger partial charge in [0.25, 0.3) is 5.56 Å². The maximum Gasteiger partial charge on any atom is 0.262 e. The van der Waals surface area contributed by atoms with Crippen LogP contribution < -0.4 is 10.9 Å². The smallest absolute Gasteiger partial charge is 0.262 e. The molecule has 0 radical (unpaired) electrons. The van der Waals surface area contributed by atoms with E-state index >= 15 is 0 Å². The normalized spacial score (nSPS) is 20.5. The first-order chi connectivity index (χ1) is 13.7. The summed E-state index contributed by atoms with van der Waals surface area (Å²) in [5.74, 6) is 0.211. The lowest BCUT2D eigenvalue weighted by atomic mass is 9.95. The van der Waals surface area contributed by atoms with Gasteiger partial charge in [0.05, 0.1) is 22.8 Å². The molecular formula is C21H27N3O3S. The molecule has 1 saturated heterocycles. The first-order valence-electron chi connectivity index (χ1n) is 10.2. The number of fused-ring (bicyclic) bond motifs is 1. The summed E-state index contributed by atoms with van der Waals surface area (Å²) in [5, 5.41) is 4.25. The predicted octanol–water partition coefficient (Wildman–Crippen LogP) is 3.29. The second kappa shape index (κ2) is 9.09. The molecule has 1 aliphatic heterocycles. The number of nitrogens with zero attached hydrogens (tertiary/aromatic N) is 2. The summed E-state index contributed by atoms with van der Waals surface area (Å²) in [4.78, 5) is 30.2. The van der Waals surface area contributed by atoms with E-state index < -0.39 is 0 Å². The zero-order valence-corrected chi connectivity index (χ0v) is 16.9. The molecule has 2 fully saturated rings. The molecular weight excluding hydrogens is 374 g/mol. The van der Waals surface area contributed by atoms with Crippen molar-refractivity contribution in [3.8, 4) is 0 Å². The minimum Gasteiger partial charge on any atom is -0.376 e. The van der Waals surface area contributed by atoms with E-state index in [9.17, 15) is 9.59 Å². The van der Waals surface area contributed by atoms with Crippen LogP contribution in [-0.2, 0) is 9.53 Å². The zero-order chi connectivity index (χ0) is 19.3. The van der Waals surface area contributed by atoms with Crippen molar-refractivity contribution in [1.29, 1.82) is 0 Å². The van der Waals surface area contributed by atoms with Crippen molar-refractivity contribution in [2.24, 2.45) is 0 Å². The van der Waals surface area contributed by atoms with Crippen LogP contribution in [0.15, 0.2) is 34.2 Å². The Hall–Kier alpha value is -1.86. The van der Waals surface area contributed by atoms with E-state index in [1.807, 2.05) is 28.8 Å². The number of rotatable bonds is 6. The lowest BCUT2D eigenvalue weighted by molar-refractivity contribution is -0.119. The third-order valence-corrected chi connectivity index (χ3v) is 6.55. The van der Waals surface area contributed by atoms with Crippen molar-refractivity contribution in [1.82, 2.24) is 14.9 Å². The number of carbonyl (C=O) groups is 1. The molecule has 1 saturated carbocycles. The largest absolute Gasteiger partial charge is 0.376 e. The minimum atomic E-state index is -0.0434. The molecule has 1 amide bonds. The molecule has 2 heterocycles. The number of carbonyl (C=O) groups excluding carboxylic acids is 1. The van der Waals surface area contributed by atoms with E-state index in [0.717, 1.165) is 45.1 Å². The lowest BCUT2D eigenvalue weighted by Gasteiger charge is -2.26. The molecule has 1 N–H and O–H groups in total. The molecule has 1 aromatic heterocycles. The summed E-state index contributed by atoms with van der Waals surface area (Å²) in [6.45, 7) is 1.34. The molecule has 2 aliphatic rings. The van der Waals surface area contributed by atoms with Crippen molar-refractivity contribution in [2.75, 3.05) is 18.9 Å². The van der Waals surface area contributed by atoms with Gasteiger partial charge in [-0.2, -0.15) is 0 Å². The highest BCUT2D eigenvalue weighted by Crippen LogP contribution is 2.31. The third kappa shape index (κ3) is 4.41. The van der Waals surface area contributed by atoms with Crippen LogP contribution in [0.5, 0.6) is 0 Å². The molecule has 1 aliphatic carbocycles. The zero-order valence-electron chi connectivity index (χ0n) is 16.1. The van der Waals surface area contributed by atoms with Gasteiger partial charge in [-0.3, -0.25) is 14.2 Å². The Morgan fingerprint density at radius 2 is 2.00 bits per heavy atom. The van der Waals surface area contributed by atoms with Gasteiger partial charge in [-0.15, -0.1) is 0 Å². The van der Waals surface area contributed by atoms with E-state index in [0.29, 0.717) is 22.6 Å². The van der Waals surface area contributed by atoms with Crippen LogP contribution in [0.25, 0.3) is 10.9 Å². The Bertz CT molecular complexity index is 886. The van der Waals surface area contributed by atoms with Crippen molar-refractivity contribution in [3.05, 3.63) is 34.6 Å². The summed E-state index contributed by atoms with van der Waals surface area (Å²) < 4.78 is 7.40. The summed E-state index contributed by atoms with van der Waals surface area (Å²) in [5.41, 5.74) is 0.710. The second-order valence-electron chi connectivity index (χ2n) is 7.61. The van der Waals surface area contributed by atoms with Gasteiger partial charge in [0.15, 0.2) is 5.16 Å². The van der Waals surface area contributed by atoms with E-state index in [4.69, 9.17) is 9.72 Å². The van der Waals surface area contributed by atoms with Gasteiger partial charge in [0.1, 0.15) is 0 Å². The number of ether oxygens (including phenoxy) is 1. The average molecular weight is 402 g/mol. The molecule has 28 heavy (non-hydrogen) atoms. The van der Waals surface area contributed by atoms with E-state index in [1.165, 1.54) is 18.2 Å². The number of aromatic nitrogens is 2. The van der Waals surface area contributed by atoms with Crippen molar-refractivity contribution >= 4 is 28.6 Å². The van der Waals surface area contributed by atoms with E-state index in [-0.39, 0.29) is 29.4 Å². The van der Waals surface area contributed by atoms with Crippen molar-refractivity contribution in [3.63, 3.8) is 0 Å². The van der Waals surface area contributed by atoms with Crippen LogP contribution in [-0.4, -0.2) is 40.5 Å². The fourth-order valence-electron chi connectivity index (χ4n) is 4.10. The Labute approximate surface area is 169 Å². The molecule has 4 rings (SSSR count). The Kier molecular flexibility index (Phi) is 6.32. The van der Waals surface area contributed by atoms with E-state index in [2.05, 4.69) is 5.32 Å². The molecule has 0 bridgehead atoms. The first kappa shape index (κ1) is 19.5. The fraction of sp³-hybridized carbons (Fsp3) is 0.571. The van der Waals surface area contributed by atoms with Crippen LogP contribution in [0, 0.1) is 0 Å². The highest BCUT2D eigenvalue weighted by Gasteiger charge is 2.22. The van der Waals surface area contributed by atoms with Gasteiger partial charge >= 0.3 is 0 Å². The highest BCUT2D eigenvalue weighted by molar-refractivity contribution is 7.99. The van der Waals surface area contributed by atoms with Gasteiger partial charge in [-0.05, 0) is 37.8 Å². The van der Waals surface area contributed by atoms with Crippen molar-refractivity contribution in [2.45, 2.75) is 62.2 Å². The topological polar surface area (TPSA) is 73.2 Å². The molecule has 7 heteroatoms. The molecule has 150 valence electrons. The Morgan fingerprint density at radius 3 is 2.79 bits per heavy atom. The van der Waals surface area contributed by atoms with Gasteiger partial charge < -0.3 is 10.1 Å². The SMILES string of the molecule is O=C(CSc1nc2ccccc2c(=O)n1C1CCCCC1)NC[C@H]1CCCO1. The highest BCUT2D eigenvalue weighted by atomic mass is 32.2. The second-order valence-corrected chi connectivity index (χ2v) is 8.55. The number of hydrogen-bond acceptors (Lipinski definition) is 5. The average Bonchev–Trinajstić information content (AvgIpc) is 3.25. The summed E-state index contributed by atoms with van der Waals surface area (Å²) in [6, 6.07) is 7.65. The van der Waals surface area contributed by atoms with Crippen LogP contribution in [0.1, 0.15) is 51.0 Å². The number of thioether (sulfide) groups is 1. The third-order valence-electron chi connectivity index (χ3n) is 5.60. The molecule has 2 aromatic rings. The molecule has 1 atom stereocenters. The number of hydrogen-bond donors (Lipinski definition) is 1. The van der Waals surface area contributed by atoms with E-state index in [1.54, 1.807) is 0 Å². The quantitative estimate of drug-likeness (QED) is 0.594. The van der Waals surface area contributed by atoms with Gasteiger partial charge in [-0.1, -0.05) is 43.2 Å². The lowest BCUT2D eigenvalue weighted by Crippen LogP contribution is -2.33. The van der Waals surface area contributed by atoms with Gasteiger partial charge in [-0.25, -0.2) is 4.98 Å². The monoisotopic (exact) mass is 401 g/mol. The molecule has 0 spiro atoms. The molecule has 1 aromatic carbocycles. The van der Waals surface area contributed by atoms with Crippen LogP contribution in [0.3, 0.4) is 0 Å². The number of nitrogens with one attached hydrogen (secondary N) is 1. The number of amides is 1. The number of benzene rings is 1. The molecule has 6 nitrogen and oxygen atoms in total.